The highest BCUT2D eigenvalue weighted by atomic mass is 16.5. The molecule has 120 valence electrons. The lowest BCUT2D eigenvalue weighted by molar-refractivity contribution is -0.00461. The van der Waals surface area contributed by atoms with Crippen LogP contribution < -0.4 is 5.32 Å². The maximum absolute atomic E-state index is 9.57. The van der Waals surface area contributed by atoms with E-state index in [1.54, 1.807) is 14.2 Å². The van der Waals surface area contributed by atoms with Crippen molar-refractivity contribution in [2.24, 2.45) is 0 Å². The van der Waals surface area contributed by atoms with E-state index in [4.69, 9.17) is 9.47 Å². The van der Waals surface area contributed by atoms with E-state index in [0.29, 0.717) is 6.04 Å². The van der Waals surface area contributed by atoms with Gasteiger partial charge in [-0.25, -0.2) is 0 Å². The fraction of sp³-hybridized carbons (Fsp3) is 1.00. The molecule has 20 heavy (non-hydrogen) atoms. The van der Waals surface area contributed by atoms with E-state index >= 15 is 0 Å². The van der Waals surface area contributed by atoms with Crippen LogP contribution in [-0.4, -0.2) is 74.3 Å². The molecule has 0 bridgehead atoms. The summed E-state index contributed by atoms with van der Waals surface area (Å²) in [5.74, 6) is 0. The maximum atomic E-state index is 9.57. The molecule has 3 atom stereocenters. The number of hydrogen-bond donors (Lipinski definition) is 2. The average molecular weight is 288 g/mol. The number of methoxy groups -OCH3 is 2. The van der Waals surface area contributed by atoms with Gasteiger partial charge in [0.25, 0.3) is 0 Å². The highest BCUT2D eigenvalue weighted by molar-refractivity contribution is 4.88. The van der Waals surface area contributed by atoms with E-state index in [-0.39, 0.29) is 24.4 Å². The summed E-state index contributed by atoms with van der Waals surface area (Å²) in [6, 6.07) is 0.384. The van der Waals surface area contributed by atoms with Crippen LogP contribution in [0.15, 0.2) is 0 Å². The molecule has 0 aromatic carbocycles. The van der Waals surface area contributed by atoms with Crippen LogP contribution in [0.1, 0.15) is 33.6 Å². The molecule has 0 saturated carbocycles. The van der Waals surface area contributed by atoms with Gasteiger partial charge in [0.1, 0.15) is 0 Å². The lowest BCUT2D eigenvalue weighted by Crippen LogP contribution is -2.49. The van der Waals surface area contributed by atoms with Gasteiger partial charge in [0.2, 0.25) is 0 Å². The first-order valence-corrected chi connectivity index (χ1v) is 7.60. The zero-order valence-electron chi connectivity index (χ0n) is 13.7. The van der Waals surface area contributed by atoms with E-state index in [9.17, 15) is 5.11 Å². The number of nitrogens with one attached hydrogen (secondary N) is 1. The third kappa shape index (κ3) is 5.30. The molecule has 0 amide bonds. The first-order chi connectivity index (χ1) is 9.44. The van der Waals surface area contributed by atoms with Gasteiger partial charge < -0.3 is 19.9 Å². The lowest BCUT2D eigenvalue weighted by Gasteiger charge is -2.31. The van der Waals surface area contributed by atoms with Gasteiger partial charge in [-0.15, -0.1) is 0 Å². The molecule has 1 aliphatic heterocycles. The maximum Gasteiger partial charge on any atom is 0.0971 e. The monoisotopic (exact) mass is 288 g/mol. The molecular weight excluding hydrogens is 256 g/mol. The molecule has 3 unspecified atom stereocenters. The Hall–Kier alpha value is -0.200. The minimum absolute atomic E-state index is 0.173. The standard InChI is InChI=1S/C15H32N2O3/c1-12(2)16-15(3,11-18)7-6-8-17-9-13(19-4)14(10-17)20-5/h12-14,16,18H,6-11H2,1-5H3. The van der Waals surface area contributed by atoms with Crippen molar-refractivity contribution in [1.82, 2.24) is 10.2 Å². The summed E-state index contributed by atoms with van der Waals surface area (Å²) in [5.41, 5.74) is -0.185. The molecule has 5 nitrogen and oxygen atoms in total. The predicted molar refractivity (Wildman–Crippen MR) is 81.0 cm³/mol. The first-order valence-electron chi connectivity index (χ1n) is 7.60. The Bertz CT molecular complexity index is 264. The Morgan fingerprint density at radius 3 is 2.20 bits per heavy atom. The van der Waals surface area contributed by atoms with E-state index in [2.05, 4.69) is 31.0 Å². The van der Waals surface area contributed by atoms with Crippen molar-refractivity contribution in [3.8, 4) is 0 Å². The van der Waals surface area contributed by atoms with Crippen molar-refractivity contribution in [3.05, 3.63) is 0 Å². The molecule has 1 fully saturated rings. The van der Waals surface area contributed by atoms with Gasteiger partial charge in [0, 0.05) is 38.9 Å². The third-order valence-electron chi connectivity index (χ3n) is 4.09. The van der Waals surface area contributed by atoms with Crippen molar-refractivity contribution in [1.29, 1.82) is 0 Å². The summed E-state index contributed by atoms with van der Waals surface area (Å²) in [5, 5.41) is 13.0. The zero-order chi connectivity index (χ0) is 15.2. The number of aliphatic hydroxyl groups is 1. The SMILES string of the molecule is COC1CN(CCCC(C)(CO)NC(C)C)CC1OC. The van der Waals surface area contributed by atoms with Crippen LogP contribution in [0.25, 0.3) is 0 Å². The van der Waals surface area contributed by atoms with Crippen molar-refractivity contribution in [2.75, 3.05) is 40.5 Å². The van der Waals surface area contributed by atoms with Crippen LogP contribution in [0, 0.1) is 0 Å². The largest absolute Gasteiger partial charge is 0.394 e. The van der Waals surface area contributed by atoms with Gasteiger partial charge in [0.15, 0.2) is 0 Å². The smallest absolute Gasteiger partial charge is 0.0971 e. The van der Waals surface area contributed by atoms with Gasteiger partial charge in [-0.05, 0) is 26.3 Å². The Morgan fingerprint density at radius 2 is 1.80 bits per heavy atom. The number of rotatable bonds is 9. The molecule has 1 rings (SSSR count). The Balaban J connectivity index is 2.33. The van der Waals surface area contributed by atoms with Gasteiger partial charge in [-0.2, -0.15) is 0 Å². The van der Waals surface area contributed by atoms with Gasteiger partial charge in [0.05, 0.1) is 18.8 Å². The normalized spacial score (nSPS) is 27.1. The summed E-state index contributed by atoms with van der Waals surface area (Å²) in [4.78, 5) is 2.38. The highest BCUT2D eigenvalue weighted by Crippen LogP contribution is 2.18. The molecule has 2 N–H and O–H groups in total. The van der Waals surface area contributed by atoms with E-state index in [1.807, 2.05) is 0 Å². The molecule has 1 aliphatic rings. The van der Waals surface area contributed by atoms with Gasteiger partial charge in [-0.3, -0.25) is 4.90 Å². The van der Waals surface area contributed by atoms with Crippen molar-refractivity contribution >= 4 is 0 Å². The topological polar surface area (TPSA) is 54.0 Å². The number of hydrogen-bond acceptors (Lipinski definition) is 5. The van der Waals surface area contributed by atoms with Crippen LogP contribution >= 0.6 is 0 Å². The van der Waals surface area contributed by atoms with E-state index in [1.165, 1.54) is 0 Å². The molecule has 0 aromatic rings. The van der Waals surface area contributed by atoms with Crippen molar-refractivity contribution < 1.29 is 14.6 Å². The number of ether oxygens (including phenoxy) is 2. The molecular formula is C15H32N2O3. The predicted octanol–water partition coefficient (Wildman–Crippen LogP) is 0.861. The molecule has 0 aliphatic carbocycles. The Kier molecular flexibility index (Phi) is 7.40. The molecule has 1 saturated heterocycles. The van der Waals surface area contributed by atoms with Gasteiger partial charge in [-0.1, -0.05) is 13.8 Å². The highest BCUT2D eigenvalue weighted by Gasteiger charge is 2.33. The van der Waals surface area contributed by atoms with Crippen molar-refractivity contribution in [3.63, 3.8) is 0 Å². The van der Waals surface area contributed by atoms with E-state index in [0.717, 1.165) is 32.5 Å². The minimum atomic E-state index is -0.185. The molecule has 0 aromatic heterocycles. The summed E-state index contributed by atoms with van der Waals surface area (Å²) < 4.78 is 10.9. The molecule has 1 heterocycles. The molecule has 5 heteroatoms. The fourth-order valence-corrected chi connectivity index (χ4v) is 3.04. The number of nitrogens with zero attached hydrogens (tertiary/aromatic N) is 1. The Morgan fingerprint density at radius 1 is 1.25 bits per heavy atom. The molecule has 0 spiro atoms. The van der Waals surface area contributed by atoms with Crippen LogP contribution in [0.5, 0.6) is 0 Å². The zero-order valence-corrected chi connectivity index (χ0v) is 13.7. The number of aliphatic hydroxyl groups excluding tert-OH is 1. The second-order valence-electron chi connectivity index (χ2n) is 6.43. The third-order valence-corrected chi connectivity index (χ3v) is 4.09. The summed E-state index contributed by atoms with van der Waals surface area (Å²) in [6.45, 7) is 9.38. The first kappa shape index (κ1) is 17.9. The average Bonchev–Trinajstić information content (AvgIpc) is 2.80. The van der Waals surface area contributed by atoms with Crippen LogP contribution in [0.2, 0.25) is 0 Å². The van der Waals surface area contributed by atoms with E-state index < -0.39 is 0 Å². The lowest BCUT2D eigenvalue weighted by atomic mass is 9.95. The summed E-state index contributed by atoms with van der Waals surface area (Å²) in [7, 11) is 3.49. The second kappa shape index (κ2) is 8.29. The summed E-state index contributed by atoms with van der Waals surface area (Å²) >= 11 is 0. The molecule has 0 radical (unpaired) electrons. The quantitative estimate of drug-likeness (QED) is 0.659. The minimum Gasteiger partial charge on any atom is -0.394 e. The van der Waals surface area contributed by atoms with Gasteiger partial charge >= 0.3 is 0 Å². The van der Waals surface area contributed by atoms with Crippen molar-refractivity contribution in [2.45, 2.75) is 57.4 Å². The Labute approximate surface area is 123 Å². The number of likely N-dealkylation sites (tertiary alicyclic amines) is 1. The fourth-order valence-electron chi connectivity index (χ4n) is 3.04. The summed E-state index contributed by atoms with van der Waals surface area (Å²) in [6.07, 6.45) is 2.38. The van der Waals surface area contributed by atoms with Crippen LogP contribution in [0.4, 0.5) is 0 Å². The van der Waals surface area contributed by atoms with Crippen LogP contribution in [0.3, 0.4) is 0 Å². The van der Waals surface area contributed by atoms with Crippen LogP contribution in [-0.2, 0) is 9.47 Å². The second-order valence-corrected chi connectivity index (χ2v) is 6.43.